The number of anilines is 2. The SMILES string of the molecule is CCOC(=O)COCc1ccc(C(=O)Nc2nc3nc(-c4cnc(C5CC5)c(C(F)(F)F)c4)cc(N(C)CC4(COC)CCCC4)c3[nH]2)nc1. The largest absolute Gasteiger partial charge is 0.464 e. The fourth-order valence-electron chi connectivity index (χ4n) is 6.64. The average molecular weight is 696 g/mol. The molecule has 2 fully saturated rings. The molecular formula is C35H40F3N7O5. The van der Waals surface area contributed by atoms with Gasteiger partial charge in [0.15, 0.2) is 5.65 Å². The van der Waals surface area contributed by atoms with Gasteiger partial charge in [-0.1, -0.05) is 18.9 Å². The average Bonchev–Trinajstić information content (AvgIpc) is 3.70. The molecule has 4 aromatic rings. The van der Waals surface area contributed by atoms with Gasteiger partial charge in [0.1, 0.15) is 17.8 Å². The molecule has 0 bridgehead atoms. The van der Waals surface area contributed by atoms with Crippen LogP contribution < -0.4 is 10.2 Å². The first kappa shape index (κ1) is 35.2. The normalized spacial score (nSPS) is 15.7. The number of amides is 1. The summed E-state index contributed by atoms with van der Waals surface area (Å²) in [7, 11) is 3.61. The number of rotatable bonds is 14. The number of hydrogen-bond acceptors (Lipinski definition) is 10. The maximum absolute atomic E-state index is 14.2. The number of fused-ring (bicyclic) bond motifs is 1. The summed E-state index contributed by atoms with van der Waals surface area (Å²) in [5.41, 5.74) is 1.87. The molecule has 0 radical (unpaired) electrons. The van der Waals surface area contributed by atoms with Crippen molar-refractivity contribution in [3.05, 3.63) is 59.2 Å². The molecule has 0 aliphatic heterocycles. The summed E-state index contributed by atoms with van der Waals surface area (Å²) < 4.78 is 58.3. The number of aromatic nitrogens is 5. The van der Waals surface area contributed by atoms with Crippen LogP contribution in [-0.2, 0) is 31.8 Å². The molecule has 4 aromatic heterocycles. The van der Waals surface area contributed by atoms with Gasteiger partial charge in [-0.05, 0) is 56.4 Å². The van der Waals surface area contributed by atoms with E-state index in [1.54, 1.807) is 26.2 Å². The number of H-pyrrole nitrogens is 1. The molecule has 2 saturated carbocycles. The minimum Gasteiger partial charge on any atom is -0.464 e. The van der Waals surface area contributed by atoms with Crippen molar-refractivity contribution >= 4 is 34.7 Å². The van der Waals surface area contributed by atoms with Crippen molar-refractivity contribution in [3.63, 3.8) is 0 Å². The number of halogens is 3. The minimum absolute atomic E-state index is 0.0676. The Hall–Kier alpha value is -4.63. The molecule has 266 valence electrons. The van der Waals surface area contributed by atoms with Gasteiger partial charge < -0.3 is 24.1 Å². The summed E-state index contributed by atoms with van der Waals surface area (Å²) in [6.45, 7) is 3.09. The lowest BCUT2D eigenvalue weighted by atomic mass is 9.86. The van der Waals surface area contributed by atoms with Crippen LogP contribution in [0.25, 0.3) is 22.4 Å². The molecule has 1 amide bonds. The number of hydrogen-bond donors (Lipinski definition) is 2. The van der Waals surface area contributed by atoms with Crippen molar-refractivity contribution in [2.45, 2.75) is 64.1 Å². The van der Waals surface area contributed by atoms with Gasteiger partial charge in [0, 0.05) is 50.0 Å². The number of alkyl halides is 3. The van der Waals surface area contributed by atoms with E-state index in [9.17, 15) is 22.8 Å². The number of methoxy groups -OCH3 is 1. The summed E-state index contributed by atoms with van der Waals surface area (Å²) in [6, 6.07) is 6.03. The predicted molar refractivity (Wildman–Crippen MR) is 179 cm³/mol. The zero-order chi connectivity index (χ0) is 35.5. The molecule has 6 rings (SSSR count). The van der Waals surface area contributed by atoms with Crippen molar-refractivity contribution in [3.8, 4) is 11.3 Å². The van der Waals surface area contributed by atoms with E-state index in [0.29, 0.717) is 42.8 Å². The quantitative estimate of drug-likeness (QED) is 0.145. The maximum atomic E-state index is 14.2. The van der Waals surface area contributed by atoms with E-state index >= 15 is 0 Å². The molecule has 50 heavy (non-hydrogen) atoms. The first-order valence-electron chi connectivity index (χ1n) is 16.7. The zero-order valence-electron chi connectivity index (χ0n) is 28.2. The first-order valence-corrected chi connectivity index (χ1v) is 16.7. The number of imidazole rings is 1. The second kappa shape index (κ2) is 14.7. The van der Waals surface area contributed by atoms with Gasteiger partial charge in [-0.15, -0.1) is 0 Å². The number of pyridine rings is 3. The van der Waals surface area contributed by atoms with Gasteiger partial charge in [-0.3, -0.25) is 20.1 Å². The van der Waals surface area contributed by atoms with Crippen LogP contribution in [0.3, 0.4) is 0 Å². The third-order valence-corrected chi connectivity index (χ3v) is 9.11. The highest BCUT2D eigenvalue weighted by Gasteiger charge is 2.40. The smallest absolute Gasteiger partial charge is 0.418 e. The molecule has 0 unspecified atom stereocenters. The molecular weight excluding hydrogens is 655 g/mol. The molecule has 4 heterocycles. The van der Waals surface area contributed by atoms with E-state index in [0.717, 1.165) is 31.7 Å². The van der Waals surface area contributed by atoms with Crippen LogP contribution in [0.2, 0.25) is 0 Å². The maximum Gasteiger partial charge on any atom is 0.418 e. The molecule has 0 spiro atoms. The van der Waals surface area contributed by atoms with Crippen molar-refractivity contribution < 1.29 is 37.0 Å². The molecule has 15 heteroatoms. The van der Waals surface area contributed by atoms with Gasteiger partial charge in [-0.2, -0.15) is 18.2 Å². The van der Waals surface area contributed by atoms with E-state index in [4.69, 9.17) is 14.2 Å². The van der Waals surface area contributed by atoms with Crippen LogP contribution in [0.1, 0.15) is 78.7 Å². The summed E-state index contributed by atoms with van der Waals surface area (Å²) in [6.07, 6.45) is 3.86. The summed E-state index contributed by atoms with van der Waals surface area (Å²) in [5, 5.41) is 2.72. The van der Waals surface area contributed by atoms with Crippen molar-refractivity contribution in [1.29, 1.82) is 0 Å². The Morgan fingerprint density at radius 2 is 1.88 bits per heavy atom. The Balaban J connectivity index is 1.29. The van der Waals surface area contributed by atoms with Crippen LogP contribution in [0.4, 0.5) is 24.8 Å². The van der Waals surface area contributed by atoms with E-state index in [1.807, 2.05) is 11.9 Å². The third kappa shape index (κ3) is 8.05. The van der Waals surface area contributed by atoms with Gasteiger partial charge in [0.05, 0.1) is 42.5 Å². The topological polar surface area (TPSA) is 144 Å². The van der Waals surface area contributed by atoms with Crippen molar-refractivity contribution in [1.82, 2.24) is 24.9 Å². The molecule has 12 nitrogen and oxygen atoms in total. The molecule has 0 saturated heterocycles. The van der Waals surface area contributed by atoms with Crippen LogP contribution >= 0.6 is 0 Å². The first-order chi connectivity index (χ1) is 24.0. The fourth-order valence-corrected chi connectivity index (χ4v) is 6.64. The lowest BCUT2D eigenvalue weighted by molar-refractivity contribution is -0.148. The monoisotopic (exact) mass is 695 g/mol. The van der Waals surface area contributed by atoms with E-state index in [1.165, 1.54) is 18.5 Å². The Labute approximate surface area is 287 Å². The highest BCUT2D eigenvalue weighted by atomic mass is 19.4. The summed E-state index contributed by atoms with van der Waals surface area (Å²) in [5.74, 6) is -1.11. The lowest BCUT2D eigenvalue weighted by Gasteiger charge is -2.34. The second-order valence-corrected chi connectivity index (χ2v) is 13.0. The van der Waals surface area contributed by atoms with Crippen molar-refractivity contribution in [2.24, 2.45) is 5.41 Å². The van der Waals surface area contributed by atoms with Gasteiger partial charge in [0.25, 0.3) is 5.91 Å². The van der Waals surface area contributed by atoms with E-state index < -0.39 is 23.6 Å². The minimum atomic E-state index is -4.56. The highest BCUT2D eigenvalue weighted by Crippen LogP contribution is 2.46. The van der Waals surface area contributed by atoms with E-state index in [-0.39, 0.29) is 65.4 Å². The van der Waals surface area contributed by atoms with Gasteiger partial charge >= 0.3 is 12.1 Å². The lowest BCUT2D eigenvalue weighted by Crippen LogP contribution is -2.37. The molecule has 2 N–H and O–H groups in total. The second-order valence-electron chi connectivity index (χ2n) is 13.0. The molecule has 0 atom stereocenters. The van der Waals surface area contributed by atoms with Crippen LogP contribution in [-0.4, -0.2) is 77.3 Å². The van der Waals surface area contributed by atoms with Crippen LogP contribution in [0.5, 0.6) is 0 Å². The predicted octanol–water partition coefficient (Wildman–Crippen LogP) is 6.29. The fraction of sp³-hybridized carbons (Fsp3) is 0.486. The standard InChI is InChI=1S/C35H40F3N7O5/c1-4-50-28(46)18-49-17-21-7-10-25(39-15-21)32(47)44-33-42-30-27(45(2)19-34(20-48-3)11-5-6-12-34)14-26(41-31(30)43-33)23-13-24(35(36,37)38)29(40-16-23)22-8-9-22/h7,10,13-16,22H,4-6,8-9,11-12,17-20H2,1-3H3,(H2,41,42,43,44,47). The van der Waals surface area contributed by atoms with Crippen LogP contribution in [0.15, 0.2) is 36.7 Å². The Morgan fingerprint density at radius 1 is 1.10 bits per heavy atom. The van der Waals surface area contributed by atoms with Crippen LogP contribution in [0, 0.1) is 5.41 Å². The third-order valence-electron chi connectivity index (χ3n) is 9.11. The number of aromatic amines is 1. The number of ether oxygens (including phenoxy) is 3. The number of carbonyl (C=O) groups is 2. The zero-order valence-corrected chi connectivity index (χ0v) is 28.2. The number of nitrogens with zero attached hydrogens (tertiary/aromatic N) is 5. The summed E-state index contributed by atoms with van der Waals surface area (Å²) in [4.78, 5) is 47.5. The van der Waals surface area contributed by atoms with Crippen molar-refractivity contribution in [2.75, 3.05) is 50.7 Å². The summed E-state index contributed by atoms with van der Waals surface area (Å²) >= 11 is 0. The molecule has 2 aliphatic rings. The Kier molecular flexibility index (Phi) is 10.3. The van der Waals surface area contributed by atoms with Gasteiger partial charge in [-0.25, -0.2) is 9.78 Å². The number of carbonyl (C=O) groups excluding carboxylic acids is 2. The highest BCUT2D eigenvalue weighted by molar-refractivity contribution is 6.03. The Bertz CT molecular complexity index is 1840. The molecule has 0 aromatic carbocycles. The number of nitrogens with one attached hydrogen (secondary N) is 2. The Morgan fingerprint density at radius 3 is 2.54 bits per heavy atom. The number of esters is 1. The molecule has 2 aliphatic carbocycles. The van der Waals surface area contributed by atoms with Gasteiger partial charge in [0.2, 0.25) is 5.95 Å². The van der Waals surface area contributed by atoms with E-state index in [2.05, 4.69) is 30.2 Å².